The summed E-state index contributed by atoms with van der Waals surface area (Å²) in [7, 11) is 0. The van der Waals surface area contributed by atoms with Gasteiger partial charge in [-0.2, -0.15) is 5.10 Å². The topological polar surface area (TPSA) is 63.9 Å². The minimum absolute atomic E-state index is 0.660. The molecule has 2 aromatic rings. The molecule has 1 aromatic carbocycles. The van der Waals surface area contributed by atoms with Crippen molar-refractivity contribution in [3.63, 3.8) is 0 Å². The third-order valence-corrected chi connectivity index (χ3v) is 2.30. The Morgan fingerprint density at radius 1 is 1.19 bits per heavy atom. The number of hydrogen-bond donors (Lipinski definition) is 2. The Morgan fingerprint density at radius 3 is 2.62 bits per heavy atom. The van der Waals surface area contributed by atoms with Crippen LogP contribution >= 0.6 is 0 Å². The zero-order valence-corrected chi connectivity index (χ0v) is 9.02. The summed E-state index contributed by atoms with van der Waals surface area (Å²) in [6.45, 7) is 1.33. The lowest BCUT2D eigenvalue weighted by Crippen LogP contribution is -2.05. The van der Waals surface area contributed by atoms with Gasteiger partial charge < -0.3 is 10.5 Å². The highest BCUT2D eigenvalue weighted by Gasteiger charge is 1.99. The first kappa shape index (κ1) is 10.7. The summed E-state index contributed by atoms with van der Waals surface area (Å²) >= 11 is 0. The second-order valence-electron chi connectivity index (χ2n) is 3.50. The van der Waals surface area contributed by atoms with Gasteiger partial charge >= 0.3 is 0 Å². The van der Waals surface area contributed by atoms with Crippen LogP contribution in [0.1, 0.15) is 6.42 Å². The van der Waals surface area contributed by atoms with E-state index in [1.807, 2.05) is 30.5 Å². The number of nitrogens with zero attached hydrogens (tertiary/aromatic N) is 1. The Morgan fingerprint density at radius 2 is 2.00 bits per heavy atom. The second-order valence-corrected chi connectivity index (χ2v) is 3.50. The fraction of sp³-hybridized carbons (Fsp3) is 0.250. The van der Waals surface area contributed by atoms with Gasteiger partial charge in [0.1, 0.15) is 5.75 Å². The van der Waals surface area contributed by atoms with Gasteiger partial charge in [-0.25, -0.2) is 0 Å². The van der Waals surface area contributed by atoms with Gasteiger partial charge in [0.25, 0.3) is 0 Å². The highest BCUT2D eigenvalue weighted by Crippen LogP contribution is 2.21. The van der Waals surface area contributed by atoms with Gasteiger partial charge in [0.2, 0.25) is 0 Å². The van der Waals surface area contributed by atoms with Crippen molar-refractivity contribution in [2.45, 2.75) is 6.42 Å². The molecule has 1 heterocycles. The van der Waals surface area contributed by atoms with Crippen molar-refractivity contribution in [2.24, 2.45) is 5.73 Å². The van der Waals surface area contributed by atoms with Crippen molar-refractivity contribution in [1.82, 2.24) is 10.2 Å². The number of nitrogens with one attached hydrogen (secondary N) is 1. The molecule has 0 amide bonds. The lowest BCUT2D eigenvalue weighted by Gasteiger charge is -2.05. The Kier molecular flexibility index (Phi) is 3.56. The maximum atomic E-state index is 5.52. The third kappa shape index (κ3) is 2.61. The minimum Gasteiger partial charge on any atom is -0.494 e. The molecule has 0 radical (unpaired) electrons. The molecule has 1 aromatic heterocycles. The number of rotatable bonds is 5. The smallest absolute Gasteiger partial charge is 0.119 e. The van der Waals surface area contributed by atoms with E-state index in [-0.39, 0.29) is 0 Å². The summed E-state index contributed by atoms with van der Waals surface area (Å²) in [6.07, 6.45) is 4.54. The van der Waals surface area contributed by atoms with Crippen LogP contribution in [-0.2, 0) is 0 Å². The van der Waals surface area contributed by atoms with E-state index in [0.29, 0.717) is 13.2 Å². The van der Waals surface area contributed by atoms with Crippen LogP contribution < -0.4 is 10.5 Å². The molecule has 0 aliphatic heterocycles. The van der Waals surface area contributed by atoms with E-state index in [4.69, 9.17) is 10.5 Å². The van der Waals surface area contributed by atoms with Crippen LogP contribution in [0.15, 0.2) is 36.7 Å². The average Bonchev–Trinajstić information content (AvgIpc) is 2.84. The molecule has 0 fully saturated rings. The van der Waals surface area contributed by atoms with Crippen molar-refractivity contribution in [2.75, 3.05) is 13.2 Å². The molecule has 4 heteroatoms. The number of H-pyrrole nitrogens is 1. The van der Waals surface area contributed by atoms with Gasteiger partial charge in [0, 0.05) is 11.8 Å². The van der Waals surface area contributed by atoms with E-state index in [1.165, 1.54) is 0 Å². The first-order valence-electron chi connectivity index (χ1n) is 5.32. The fourth-order valence-electron chi connectivity index (χ4n) is 1.43. The zero-order chi connectivity index (χ0) is 11.2. The van der Waals surface area contributed by atoms with Crippen LogP contribution in [0.2, 0.25) is 0 Å². The van der Waals surface area contributed by atoms with Gasteiger partial charge in [-0.05, 0) is 30.7 Å². The normalized spacial score (nSPS) is 10.3. The molecule has 84 valence electrons. The number of hydrogen-bond acceptors (Lipinski definition) is 3. The minimum atomic E-state index is 0.660. The molecule has 16 heavy (non-hydrogen) atoms. The molecule has 0 unspecified atom stereocenters. The van der Waals surface area contributed by atoms with Crippen LogP contribution in [0, 0.1) is 0 Å². The highest BCUT2D eigenvalue weighted by molar-refractivity contribution is 5.62. The van der Waals surface area contributed by atoms with Gasteiger partial charge in [-0.1, -0.05) is 12.1 Å². The molecule has 0 atom stereocenters. The molecular formula is C12H15N3O. The maximum Gasteiger partial charge on any atom is 0.119 e. The van der Waals surface area contributed by atoms with Crippen LogP contribution in [0.5, 0.6) is 5.75 Å². The van der Waals surface area contributed by atoms with Gasteiger partial charge in [-0.15, -0.1) is 0 Å². The van der Waals surface area contributed by atoms with E-state index < -0.39 is 0 Å². The van der Waals surface area contributed by atoms with E-state index in [0.717, 1.165) is 23.3 Å². The molecule has 0 saturated heterocycles. The first-order chi connectivity index (χ1) is 7.90. The van der Waals surface area contributed by atoms with E-state index >= 15 is 0 Å². The predicted molar refractivity (Wildman–Crippen MR) is 63.2 cm³/mol. The van der Waals surface area contributed by atoms with E-state index in [9.17, 15) is 0 Å². The van der Waals surface area contributed by atoms with Gasteiger partial charge in [-0.3, -0.25) is 5.10 Å². The van der Waals surface area contributed by atoms with Crippen LogP contribution in [0.25, 0.3) is 11.1 Å². The van der Waals surface area contributed by atoms with Crippen molar-refractivity contribution >= 4 is 0 Å². The van der Waals surface area contributed by atoms with Crippen molar-refractivity contribution in [3.05, 3.63) is 36.7 Å². The average molecular weight is 217 g/mol. The molecular weight excluding hydrogens is 202 g/mol. The maximum absolute atomic E-state index is 5.52. The highest BCUT2D eigenvalue weighted by atomic mass is 16.5. The molecule has 0 aliphatic carbocycles. The summed E-state index contributed by atoms with van der Waals surface area (Å²) in [6, 6.07) is 7.95. The SMILES string of the molecule is NCCCOc1ccc(-c2cn[nH]c2)cc1. The zero-order valence-electron chi connectivity index (χ0n) is 9.02. The lowest BCUT2D eigenvalue weighted by molar-refractivity contribution is 0.313. The molecule has 4 nitrogen and oxygen atoms in total. The van der Waals surface area contributed by atoms with E-state index in [1.54, 1.807) is 6.20 Å². The summed E-state index contributed by atoms with van der Waals surface area (Å²) in [4.78, 5) is 0. The first-order valence-corrected chi connectivity index (χ1v) is 5.32. The molecule has 0 spiro atoms. The van der Waals surface area contributed by atoms with Crippen LogP contribution in [0.3, 0.4) is 0 Å². The number of nitrogens with two attached hydrogens (primary N) is 1. The van der Waals surface area contributed by atoms with Crippen molar-refractivity contribution in [3.8, 4) is 16.9 Å². The largest absolute Gasteiger partial charge is 0.494 e. The predicted octanol–water partition coefficient (Wildman–Crippen LogP) is 1.80. The molecule has 0 saturated carbocycles. The Balaban J connectivity index is 2.00. The number of aromatic nitrogens is 2. The van der Waals surface area contributed by atoms with Crippen LogP contribution in [0.4, 0.5) is 0 Å². The summed E-state index contributed by atoms with van der Waals surface area (Å²) in [5, 5.41) is 6.70. The Labute approximate surface area is 94.4 Å². The third-order valence-electron chi connectivity index (χ3n) is 2.30. The standard InChI is InChI=1S/C12H15N3O/c13-6-1-7-16-12-4-2-10(3-5-12)11-8-14-15-9-11/h2-5,8-9H,1,6-7,13H2,(H,14,15). The summed E-state index contributed by atoms with van der Waals surface area (Å²) < 4.78 is 5.52. The number of benzene rings is 1. The summed E-state index contributed by atoms with van der Waals surface area (Å²) in [5.41, 5.74) is 7.59. The summed E-state index contributed by atoms with van der Waals surface area (Å²) in [5.74, 6) is 0.876. The number of aromatic amines is 1. The van der Waals surface area contributed by atoms with E-state index in [2.05, 4.69) is 10.2 Å². The molecule has 0 bridgehead atoms. The van der Waals surface area contributed by atoms with Crippen molar-refractivity contribution < 1.29 is 4.74 Å². The van der Waals surface area contributed by atoms with Crippen LogP contribution in [-0.4, -0.2) is 23.3 Å². The Bertz CT molecular complexity index is 408. The van der Waals surface area contributed by atoms with Gasteiger partial charge in [0.15, 0.2) is 0 Å². The quantitative estimate of drug-likeness (QED) is 0.751. The van der Waals surface area contributed by atoms with Crippen molar-refractivity contribution in [1.29, 1.82) is 0 Å². The molecule has 2 rings (SSSR count). The molecule has 3 N–H and O–H groups in total. The number of ether oxygens (including phenoxy) is 1. The lowest BCUT2D eigenvalue weighted by atomic mass is 10.1. The fourth-order valence-corrected chi connectivity index (χ4v) is 1.43. The monoisotopic (exact) mass is 217 g/mol. The molecule has 0 aliphatic rings. The van der Waals surface area contributed by atoms with Gasteiger partial charge in [0.05, 0.1) is 12.8 Å². The Hall–Kier alpha value is -1.81. The second kappa shape index (κ2) is 5.32.